The van der Waals surface area contributed by atoms with Crippen LogP contribution in [0.4, 0.5) is 0 Å². The zero-order valence-corrected chi connectivity index (χ0v) is 15.2. The molecule has 1 N–H and O–H groups in total. The minimum atomic E-state index is -0.142. The molecule has 0 saturated heterocycles. The first-order valence-corrected chi connectivity index (χ1v) is 8.58. The van der Waals surface area contributed by atoms with Crippen LogP contribution in [-0.4, -0.2) is 33.5 Å². The Morgan fingerprint density at radius 1 is 1.42 bits per heavy atom. The van der Waals surface area contributed by atoms with E-state index in [4.69, 9.17) is 4.74 Å². The largest absolute Gasteiger partial charge is 0.487 e. The van der Waals surface area contributed by atoms with Gasteiger partial charge in [-0.05, 0) is 65.2 Å². The Labute approximate surface area is 149 Å². The van der Waals surface area contributed by atoms with E-state index in [0.29, 0.717) is 34.4 Å². The summed E-state index contributed by atoms with van der Waals surface area (Å²) < 4.78 is 6.62. The van der Waals surface area contributed by atoms with Crippen LogP contribution in [0.3, 0.4) is 0 Å². The van der Waals surface area contributed by atoms with Crippen molar-refractivity contribution < 1.29 is 14.6 Å². The second kappa shape index (κ2) is 6.91. The summed E-state index contributed by atoms with van der Waals surface area (Å²) in [5, 5.41) is 9.41. The number of nitrogens with zero attached hydrogens (tertiary/aromatic N) is 2. The summed E-state index contributed by atoms with van der Waals surface area (Å²) in [5.41, 5.74) is 3.08. The van der Waals surface area contributed by atoms with Crippen LogP contribution in [0.5, 0.6) is 5.75 Å². The van der Waals surface area contributed by atoms with E-state index in [2.05, 4.69) is 20.9 Å². The Hall–Kier alpha value is -1.92. The van der Waals surface area contributed by atoms with E-state index in [1.54, 1.807) is 23.2 Å². The van der Waals surface area contributed by atoms with Gasteiger partial charge >= 0.3 is 0 Å². The molecule has 0 fully saturated rings. The Morgan fingerprint density at radius 3 is 2.92 bits per heavy atom. The molecule has 24 heavy (non-hydrogen) atoms. The Balaban J connectivity index is 1.98. The van der Waals surface area contributed by atoms with Gasteiger partial charge in [-0.1, -0.05) is 0 Å². The average Bonchev–Trinajstić information content (AvgIpc) is 2.66. The van der Waals surface area contributed by atoms with Gasteiger partial charge < -0.3 is 14.7 Å². The normalized spacial score (nSPS) is 17.2. The molecule has 0 aliphatic carbocycles. The lowest BCUT2D eigenvalue weighted by Gasteiger charge is -2.22. The topological polar surface area (TPSA) is 62.7 Å². The van der Waals surface area contributed by atoms with Crippen molar-refractivity contribution in [1.82, 2.24) is 9.88 Å². The SMILES string of the molecule is Cc1ccnc(CN2C[C@H](C)Oc3c(Br)cc(CO)cc3C2=O)c1. The Kier molecular flexibility index (Phi) is 4.87. The highest BCUT2D eigenvalue weighted by Gasteiger charge is 2.29. The maximum absolute atomic E-state index is 13.0. The number of rotatable bonds is 3. The van der Waals surface area contributed by atoms with E-state index in [-0.39, 0.29) is 18.6 Å². The number of amides is 1. The molecule has 1 aromatic carbocycles. The van der Waals surface area contributed by atoms with E-state index in [1.165, 1.54) is 0 Å². The summed E-state index contributed by atoms with van der Waals surface area (Å²) in [6.45, 7) is 4.71. The molecule has 2 heterocycles. The summed E-state index contributed by atoms with van der Waals surface area (Å²) in [6.07, 6.45) is 1.61. The quantitative estimate of drug-likeness (QED) is 0.874. The first-order valence-electron chi connectivity index (χ1n) is 7.78. The van der Waals surface area contributed by atoms with Crippen LogP contribution in [0.25, 0.3) is 0 Å². The molecule has 0 unspecified atom stereocenters. The number of halogens is 1. The fourth-order valence-corrected chi connectivity index (χ4v) is 3.44. The number of benzene rings is 1. The second-order valence-electron chi connectivity index (χ2n) is 6.05. The summed E-state index contributed by atoms with van der Waals surface area (Å²) in [4.78, 5) is 19.1. The predicted octanol–water partition coefficient (Wildman–Crippen LogP) is 3.07. The number of carbonyl (C=O) groups is 1. The molecule has 0 bridgehead atoms. The lowest BCUT2D eigenvalue weighted by atomic mass is 10.1. The molecule has 2 aromatic rings. The molecule has 126 valence electrons. The highest BCUT2D eigenvalue weighted by Crippen LogP contribution is 2.35. The number of aliphatic hydroxyl groups is 1. The molecular weight excluding hydrogens is 372 g/mol. The standard InChI is InChI=1S/C18H19BrN2O3/c1-11-3-4-20-14(5-11)9-21-8-12(2)24-17-15(18(21)23)6-13(10-22)7-16(17)19/h3-7,12,22H,8-10H2,1-2H3/t12-/m0/s1. The third kappa shape index (κ3) is 3.44. The Morgan fingerprint density at radius 2 is 2.21 bits per heavy atom. The smallest absolute Gasteiger partial charge is 0.258 e. The first-order chi connectivity index (χ1) is 11.5. The first kappa shape index (κ1) is 16.9. The highest BCUT2D eigenvalue weighted by atomic mass is 79.9. The maximum Gasteiger partial charge on any atom is 0.258 e. The van der Waals surface area contributed by atoms with Gasteiger partial charge in [-0.2, -0.15) is 0 Å². The highest BCUT2D eigenvalue weighted by molar-refractivity contribution is 9.10. The van der Waals surface area contributed by atoms with Crippen LogP contribution < -0.4 is 4.74 Å². The number of aliphatic hydroxyl groups excluding tert-OH is 1. The van der Waals surface area contributed by atoms with Gasteiger partial charge in [0.25, 0.3) is 5.91 Å². The zero-order chi connectivity index (χ0) is 17.3. The van der Waals surface area contributed by atoms with Gasteiger partial charge in [0.1, 0.15) is 11.9 Å². The summed E-state index contributed by atoms with van der Waals surface area (Å²) >= 11 is 3.44. The van der Waals surface area contributed by atoms with E-state index < -0.39 is 0 Å². The van der Waals surface area contributed by atoms with Crippen molar-refractivity contribution in [2.45, 2.75) is 33.1 Å². The zero-order valence-electron chi connectivity index (χ0n) is 13.6. The van der Waals surface area contributed by atoms with Gasteiger partial charge in [0.2, 0.25) is 0 Å². The van der Waals surface area contributed by atoms with Gasteiger partial charge in [-0.3, -0.25) is 9.78 Å². The molecule has 3 rings (SSSR count). The molecule has 0 saturated carbocycles. The number of hydrogen-bond acceptors (Lipinski definition) is 4. The van der Waals surface area contributed by atoms with Gasteiger partial charge in [-0.25, -0.2) is 0 Å². The molecule has 0 radical (unpaired) electrons. The average molecular weight is 391 g/mol. The number of aromatic nitrogens is 1. The second-order valence-corrected chi connectivity index (χ2v) is 6.91. The summed E-state index contributed by atoms with van der Waals surface area (Å²) in [7, 11) is 0. The van der Waals surface area contributed by atoms with Crippen molar-refractivity contribution >= 4 is 21.8 Å². The number of hydrogen-bond donors (Lipinski definition) is 1. The Bertz CT molecular complexity index is 779. The predicted molar refractivity (Wildman–Crippen MR) is 93.9 cm³/mol. The molecular formula is C18H19BrN2O3. The molecule has 1 aromatic heterocycles. The van der Waals surface area contributed by atoms with Crippen LogP contribution in [0.2, 0.25) is 0 Å². The van der Waals surface area contributed by atoms with Crippen LogP contribution in [-0.2, 0) is 13.2 Å². The summed E-state index contributed by atoms with van der Waals surface area (Å²) in [6, 6.07) is 7.37. The minimum absolute atomic E-state index is 0.117. The monoisotopic (exact) mass is 390 g/mol. The molecule has 1 amide bonds. The van der Waals surface area contributed by atoms with Gasteiger partial charge in [0.05, 0.1) is 35.4 Å². The van der Waals surface area contributed by atoms with Crippen molar-refractivity contribution in [1.29, 1.82) is 0 Å². The van der Waals surface area contributed by atoms with Crippen LogP contribution >= 0.6 is 15.9 Å². The molecule has 1 atom stereocenters. The third-order valence-corrected chi connectivity index (χ3v) is 4.51. The van der Waals surface area contributed by atoms with E-state index >= 15 is 0 Å². The van der Waals surface area contributed by atoms with Crippen LogP contribution in [0, 0.1) is 6.92 Å². The van der Waals surface area contributed by atoms with Crippen molar-refractivity contribution in [2.24, 2.45) is 0 Å². The number of fused-ring (bicyclic) bond motifs is 1. The molecule has 1 aliphatic heterocycles. The number of pyridine rings is 1. The van der Waals surface area contributed by atoms with Crippen molar-refractivity contribution in [3.63, 3.8) is 0 Å². The molecule has 5 nitrogen and oxygen atoms in total. The van der Waals surface area contributed by atoms with E-state index in [1.807, 2.05) is 26.0 Å². The number of carbonyl (C=O) groups excluding carboxylic acids is 1. The molecule has 1 aliphatic rings. The molecule has 6 heteroatoms. The van der Waals surface area contributed by atoms with Crippen molar-refractivity contribution in [3.05, 3.63) is 57.3 Å². The van der Waals surface area contributed by atoms with Crippen molar-refractivity contribution in [2.75, 3.05) is 6.54 Å². The third-order valence-electron chi connectivity index (χ3n) is 3.93. The van der Waals surface area contributed by atoms with Gasteiger partial charge in [0, 0.05) is 6.20 Å². The van der Waals surface area contributed by atoms with E-state index in [0.717, 1.165) is 11.3 Å². The lowest BCUT2D eigenvalue weighted by Crippen LogP contribution is -2.35. The number of aryl methyl sites for hydroxylation is 1. The van der Waals surface area contributed by atoms with Gasteiger partial charge in [0.15, 0.2) is 0 Å². The maximum atomic E-state index is 13.0. The van der Waals surface area contributed by atoms with Crippen molar-refractivity contribution in [3.8, 4) is 5.75 Å². The van der Waals surface area contributed by atoms with Crippen LogP contribution in [0.15, 0.2) is 34.9 Å². The number of ether oxygens (including phenoxy) is 1. The fraction of sp³-hybridized carbons (Fsp3) is 0.333. The van der Waals surface area contributed by atoms with Crippen LogP contribution in [0.1, 0.15) is 34.1 Å². The summed E-state index contributed by atoms with van der Waals surface area (Å²) in [5.74, 6) is 0.415. The van der Waals surface area contributed by atoms with E-state index in [9.17, 15) is 9.90 Å². The minimum Gasteiger partial charge on any atom is -0.487 e. The molecule has 0 spiro atoms. The lowest BCUT2D eigenvalue weighted by molar-refractivity contribution is 0.0704. The van der Waals surface area contributed by atoms with Gasteiger partial charge in [-0.15, -0.1) is 0 Å². The fourth-order valence-electron chi connectivity index (χ4n) is 2.84.